The molecule has 2 rings (SSSR count). The number of nitrogens with two attached hydrogens (primary N) is 1. The van der Waals surface area contributed by atoms with Gasteiger partial charge in [0, 0.05) is 11.7 Å². The molecule has 1 fully saturated rings. The van der Waals surface area contributed by atoms with Crippen molar-refractivity contribution in [2.45, 2.75) is 38.1 Å². The third-order valence-electron chi connectivity index (χ3n) is 3.06. The summed E-state index contributed by atoms with van der Waals surface area (Å²) in [6, 6.07) is 8.43. The summed E-state index contributed by atoms with van der Waals surface area (Å²) in [5, 5.41) is 3.03. The summed E-state index contributed by atoms with van der Waals surface area (Å²) >= 11 is 0. The minimum absolute atomic E-state index is 0.0926. The first-order valence-corrected chi connectivity index (χ1v) is 5.84. The van der Waals surface area contributed by atoms with E-state index in [1.807, 2.05) is 0 Å². The molecule has 0 spiro atoms. The van der Waals surface area contributed by atoms with E-state index in [4.69, 9.17) is 5.73 Å². The van der Waals surface area contributed by atoms with Gasteiger partial charge in [-0.25, -0.2) is 0 Å². The van der Waals surface area contributed by atoms with Gasteiger partial charge in [0.15, 0.2) is 0 Å². The molecule has 3 heteroatoms. The van der Waals surface area contributed by atoms with Gasteiger partial charge >= 0.3 is 0 Å². The third-order valence-corrected chi connectivity index (χ3v) is 3.06. The average molecular weight is 217 g/mol. The first-order chi connectivity index (χ1) is 7.77. The molecule has 85 valence electrons. The highest BCUT2D eigenvalue weighted by Gasteiger charge is 2.17. The predicted molar refractivity (Wildman–Crippen MR) is 64.0 cm³/mol. The average Bonchev–Trinajstić information content (AvgIpc) is 2.31. The lowest BCUT2D eigenvalue weighted by molar-refractivity contribution is 0.0928. The quantitative estimate of drug-likeness (QED) is 0.746. The number of benzene rings is 1. The van der Waals surface area contributed by atoms with Crippen molar-refractivity contribution in [3.05, 3.63) is 29.8 Å². The summed E-state index contributed by atoms with van der Waals surface area (Å²) in [6.45, 7) is 0. The van der Waals surface area contributed by atoms with E-state index in [9.17, 15) is 4.79 Å². The van der Waals surface area contributed by atoms with Gasteiger partial charge in [0.05, 0.1) is 5.56 Å². The van der Waals surface area contributed by atoms with E-state index in [2.05, 4.69) is 11.4 Å². The number of carbonyl (C=O) groups excluding carboxylic acids is 1. The van der Waals surface area contributed by atoms with Crippen LogP contribution in [0.1, 0.15) is 42.5 Å². The highest BCUT2D eigenvalue weighted by Crippen LogP contribution is 2.18. The normalized spacial score (nSPS) is 17.0. The molecule has 1 aromatic rings. The van der Waals surface area contributed by atoms with E-state index in [0.29, 0.717) is 17.3 Å². The number of nitrogen functional groups attached to an aromatic ring is 1. The van der Waals surface area contributed by atoms with Crippen LogP contribution in [0.3, 0.4) is 0 Å². The van der Waals surface area contributed by atoms with E-state index in [1.165, 1.54) is 19.3 Å². The van der Waals surface area contributed by atoms with Crippen LogP contribution in [0.4, 0.5) is 5.69 Å². The van der Waals surface area contributed by atoms with Crippen LogP contribution < -0.4 is 11.1 Å². The van der Waals surface area contributed by atoms with Crippen LogP contribution >= 0.6 is 0 Å². The lowest BCUT2D eigenvalue weighted by Crippen LogP contribution is -2.36. The summed E-state index contributed by atoms with van der Waals surface area (Å²) in [5.41, 5.74) is 6.70. The van der Waals surface area contributed by atoms with Crippen LogP contribution in [-0.2, 0) is 0 Å². The maximum absolute atomic E-state index is 11.9. The second-order valence-corrected chi connectivity index (χ2v) is 4.31. The molecule has 1 aromatic carbocycles. The van der Waals surface area contributed by atoms with Crippen LogP contribution in [0.2, 0.25) is 0 Å². The van der Waals surface area contributed by atoms with Gasteiger partial charge in [-0.2, -0.15) is 0 Å². The predicted octanol–water partition coefficient (Wildman–Crippen LogP) is 2.13. The van der Waals surface area contributed by atoms with Crippen LogP contribution in [-0.4, -0.2) is 11.9 Å². The van der Waals surface area contributed by atoms with Gasteiger partial charge < -0.3 is 11.1 Å². The molecule has 0 saturated heterocycles. The number of amides is 1. The third kappa shape index (κ3) is 2.54. The summed E-state index contributed by atoms with van der Waals surface area (Å²) in [6.07, 6.45) is 5.86. The Hall–Kier alpha value is -1.51. The second kappa shape index (κ2) is 5.01. The van der Waals surface area contributed by atoms with Crippen molar-refractivity contribution in [1.82, 2.24) is 5.32 Å². The number of carbonyl (C=O) groups is 1. The van der Waals surface area contributed by atoms with Gasteiger partial charge in [-0.15, -0.1) is 0 Å². The molecule has 0 bridgehead atoms. The summed E-state index contributed by atoms with van der Waals surface area (Å²) in [4.78, 5) is 11.9. The van der Waals surface area contributed by atoms with Gasteiger partial charge in [-0.3, -0.25) is 4.79 Å². The highest BCUT2D eigenvalue weighted by atomic mass is 16.1. The zero-order valence-electron chi connectivity index (χ0n) is 9.33. The Labute approximate surface area is 96.0 Å². The first-order valence-electron chi connectivity index (χ1n) is 5.84. The van der Waals surface area contributed by atoms with Gasteiger partial charge in [0.2, 0.25) is 0 Å². The Bertz CT molecular complexity index is 370. The molecular weight excluding hydrogens is 200 g/mol. The largest absolute Gasteiger partial charge is 0.398 e. The maximum atomic E-state index is 11.9. The molecule has 16 heavy (non-hydrogen) atoms. The van der Waals surface area contributed by atoms with Gasteiger partial charge in [-0.05, 0) is 25.0 Å². The van der Waals surface area contributed by atoms with Crippen LogP contribution in [0, 0.1) is 6.07 Å². The van der Waals surface area contributed by atoms with E-state index in [-0.39, 0.29) is 5.91 Å². The van der Waals surface area contributed by atoms with E-state index in [0.717, 1.165) is 12.8 Å². The summed E-state index contributed by atoms with van der Waals surface area (Å²) in [5.74, 6) is -0.0926. The van der Waals surface area contributed by atoms with Crippen LogP contribution in [0.15, 0.2) is 18.2 Å². The number of hydrogen-bond donors (Lipinski definition) is 2. The molecule has 3 nitrogen and oxygen atoms in total. The smallest absolute Gasteiger partial charge is 0.254 e. The number of anilines is 1. The Morgan fingerprint density at radius 3 is 2.81 bits per heavy atom. The van der Waals surface area contributed by atoms with E-state index < -0.39 is 0 Å². The standard InChI is InChI=1S/C13H17N2O/c14-12-9-5-4-8-11(12)13(16)15-10-6-2-1-3-7-10/h4-5,9-10H,1-3,6-7,14H2,(H,15,16). The summed E-state index contributed by atoms with van der Waals surface area (Å²) in [7, 11) is 0. The molecule has 0 aromatic heterocycles. The molecule has 3 N–H and O–H groups in total. The lowest BCUT2D eigenvalue weighted by atomic mass is 9.95. The minimum Gasteiger partial charge on any atom is -0.398 e. The highest BCUT2D eigenvalue weighted by molar-refractivity contribution is 5.98. The van der Waals surface area contributed by atoms with Crippen molar-refractivity contribution in [2.24, 2.45) is 0 Å². The second-order valence-electron chi connectivity index (χ2n) is 4.31. The molecule has 1 radical (unpaired) electrons. The zero-order valence-corrected chi connectivity index (χ0v) is 9.33. The molecule has 1 aliphatic rings. The van der Waals surface area contributed by atoms with Gasteiger partial charge in [0.1, 0.15) is 0 Å². The summed E-state index contributed by atoms with van der Waals surface area (Å²) < 4.78 is 0. The van der Waals surface area contributed by atoms with Crippen molar-refractivity contribution in [3.63, 3.8) is 0 Å². The Kier molecular flexibility index (Phi) is 3.44. The number of rotatable bonds is 2. The SMILES string of the molecule is Nc1ccc[c]c1C(=O)NC1CCCCC1. The van der Waals surface area contributed by atoms with E-state index >= 15 is 0 Å². The number of nitrogens with one attached hydrogen (secondary N) is 1. The molecule has 0 heterocycles. The fourth-order valence-electron chi connectivity index (χ4n) is 2.15. The maximum Gasteiger partial charge on any atom is 0.254 e. The molecule has 0 aliphatic heterocycles. The fraction of sp³-hybridized carbons (Fsp3) is 0.462. The Morgan fingerprint density at radius 2 is 2.12 bits per heavy atom. The van der Waals surface area contributed by atoms with E-state index in [1.54, 1.807) is 18.2 Å². The Morgan fingerprint density at radius 1 is 1.38 bits per heavy atom. The molecule has 0 unspecified atom stereocenters. The van der Waals surface area contributed by atoms with Gasteiger partial charge in [-0.1, -0.05) is 31.4 Å². The fourth-order valence-corrected chi connectivity index (χ4v) is 2.15. The molecule has 1 aliphatic carbocycles. The topological polar surface area (TPSA) is 55.1 Å². The Balaban J connectivity index is 2.00. The first kappa shape index (κ1) is 11.0. The van der Waals surface area contributed by atoms with Crippen molar-refractivity contribution < 1.29 is 4.79 Å². The van der Waals surface area contributed by atoms with Crippen molar-refractivity contribution in [3.8, 4) is 0 Å². The molecule has 1 amide bonds. The molecular formula is C13H17N2O. The number of hydrogen-bond acceptors (Lipinski definition) is 2. The molecule has 0 atom stereocenters. The van der Waals surface area contributed by atoms with Crippen LogP contribution in [0.25, 0.3) is 0 Å². The zero-order chi connectivity index (χ0) is 11.4. The van der Waals surface area contributed by atoms with Crippen molar-refractivity contribution >= 4 is 11.6 Å². The van der Waals surface area contributed by atoms with Crippen LogP contribution in [0.5, 0.6) is 0 Å². The monoisotopic (exact) mass is 217 g/mol. The molecule has 1 saturated carbocycles. The van der Waals surface area contributed by atoms with Crippen molar-refractivity contribution in [1.29, 1.82) is 0 Å². The van der Waals surface area contributed by atoms with Gasteiger partial charge in [0.25, 0.3) is 5.91 Å². The minimum atomic E-state index is -0.0926. The van der Waals surface area contributed by atoms with Crippen molar-refractivity contribution in [2.75, 3.05) is 5.73 Å². The lowest BCUT2D eigenvalue weighted by Gasteiger charge is -2.22.